The van der Waals surface area contributed by atoms with Gasteiger partial charge in [-0.25, -0.2) is 4.79 Å². The van der Waals surface area contributed by atoms with Crippen LogP contribution in [0.15, 0.2) is 54.6 Å². The largest absolute Gasteiger partial charge is 0.493 e. The van der Waals surface area contributed by atoms with Gasteiger partial charge in [0.2, 0.25) is 0 Å². The van der Waals surface area contributed by atoms with Crippen molar-refractivity contribution in [1.82, 2.24) is 5.32 Å². The number of carbonyl (C=O) groups is 1. The van der Waals surface area contributed by atoms with Crippen LogP contribution >= 0.6 is 0 Å². The molecule has 2 amide bonds. The third-order valence-corrected chi connectivity index (χ3v) is 4.37. The van der Waals surface area contributed by atoms with Crippen LogP contribution in [0.1, 0.15) is 24.8 Å². The Labute approximate surface area is 154 Å². The van der Waals surface area contributed by atoms with E-state index in [9.17, 15) is 4.79 Å². The van der Waals surface area contributed by atoms with E-state index in [1.807, 2.05) is 42.5 Å². The summed E-state index contributed by atoms with van der Waals surface area (Å²) in [6.45, 7) is 2.05. The molecule has 1 fully saturated rings. The Hall–Kier alpha value is -2.53. The summed E-state index contributed by atoms with van der Waals surface area (Å²) in [5.74, 6) is 0.748. The molecule has 5 nitrogen and oxygen atoms in total. The van der Waals surface area contributed by atoms with Crippen LogP contribution in [0.4, 0.5) is 10.5 Å². The highest BCUT2D eigenvalue weighted by atomic mass is 16.5. The minimum atomic E-state index is -0.204. The first-order valence-corrected chi connectivity index (χ1v) is 9.23. The lowest BCUT2D eigenvalue weighted by Gasteiger charge is -2.12. The van der Waals surface area contributed by atoms with Gasteiger partial charge in [-0.1, -0.05) is 36.4 Å². The molecule has 1 atom stereocenters. The van der Waals surface area contributed by atoms with Gasteiger partial charge in [-0.15, -0.1) is 0 Å². The first-order chi connectivity index (χ1) is 12.8. The first-order valence-electron chi connectivity index (χ1n) is 9.23. The van der Waals surface area contributed by atoms with Crippen molar-refractivity contribution >= 4 is 11.7 Å². The van der Waals surface area contributed by atoms with Gasteiger partial charge in [0.25, 0.3) is 0 Å². The van der Waals surface area contributed by atoms with E-state index < -0.39 is 0 Å². The lowest BCUT2D eigenvalue weighted by Crippen LogP contribution is -2.31. The Morgan fingerprint density at radius 1 is 1.15 bits per heavy atom. The maximum atomic E-state index is 12.0. The van der Waals surface area contributed by atoms with Gasteiger partial charge in [-0.2, -0.15) is 0 Å². The third kappa shape index (κ3) is 6.08. The molecule has 0 radical (unpaired) electrons. The van der Waals surface area contributed by atoms with E-state index in [0.717, 1.165) is 43.7 Å². The molecule has 3 rings (SSSR count). The third-order valence-electron chi connectivity index (χ3n) is 4.37. The van der Waals surface area contributed by atoms with E-state index in [1.165, 1.54) is 5.56 Å². The Morgan fingerprint density at radius 2 is 2.04 bits per heavy atom. The van der Waals surface area contributed by atoms with Crippen LogP contribution in [0.5, 0.6) is 5.75 Å². The number of rotatable bonds is 8. The number of hydrogen-bond donors (Lipinski definition) is 2. The van der Waals surface area contributed by atoms with Crippen molar-refractivity contribution in [2.45, 2.75) is 31.8 Å². The van der Waals surface area contributed by atoms with Gasteiger partial charge < -0.3 is 20.1 Å². The Bertz CT molecular complexity index is 685. The molecule has 5 heteroatoms. The molecule has 0 saturated carbocycles. The van der Waals surface area contributed by atoms with Gasteiger partial charge in [-0.3, -0.25) is 0 Å². The van der Waals surface area contributed by atoms with Crippen LogP contribution < -0.4 is 15.4 Å². The Balaban J connectivity index is 1.39. The molecule has 0 aliphatic carbocycles. The highest BCUT2D eigenvalue weighted by molar-refractivity contribution is 5.89. The molecule has 2 aromatic carbocycles. The summed E-state index contributed by atoms with van der Waals surface area (Å²) in [7, 11) is 0. The lowest BCUT2D eigenvalue weighted by molar-refractivity contribution is 0.105. The maximum absolute atomic E-state index is 12.0. The number of nitrogens with one attached hydrogen (secondary N) is 2. The second kappa shape index (κ2) is 9.82. The van der Waals surface area contributed by atoms with Crippen molar-refractivity contribution in [3.05, 3.63) is 60.2 Å². The standard InChI is InChI=1S/C21H26N2O3/c24-21(22-13-11-19-10-5-14-25-19)23-18-8-4-9-20(16-18)26-15-12-17-6-2-1-3-7-17/h1-4,6-9,16,19H,5,10-15H2,(H2,22,23,24)/t19-/m1/s1. The smallest absolute Gasteiger partial charge is 0.319 e. The topological polar surface area (TPSA) is 59.6 Å². The molecule has 0 bridgehead atoms. The Morgan fingerprint density at radius 3 is 2.85 bits per heavy atom. The van der Waals surface area contributed by atoms with Crippen molar-refractivity contribution in [2.75, 3.05) is 25.1 Å². The Kier molecular flexibility index (Phi) is 6.90. The number of anilines is 1. The lowest BCUT2D eigenvalue weighted by atomic mass is 10.2. The highest BCUT2D eigenvalue weighted by Gasteiger charge is 2.15. The quantitative estimate of drug-likeness (QED) is 0.753. The summed E-state index contributed by atoms with van der Waals surface area (Å²) in [6, 6.07) is 17.5. The summed E-state index contributed by atoms with van der Waals surface area (Å²) >= 11 is 0. The zero-order chi connectivity index (χ0) is 18.0. The van der Waals surface area contributed by atoms with Crippen molar-refractivity contribution in [3.63, 3.8) is 0 Å². The highest BCUT2D eigenvalue weighted by Crippen LogP contribution is 2.18. The molecule has 0 aromatic heterocycles. The summed E-state index contributed by atoms with van der Waals surface area (Å²) in [6.07, 6.45) is 4.20. The van der Waals surface area contributed by atoms with Crippen molar-refractivity contribution in [3.8, 4) is 5.75 Å². The van der Waals surface area contributed by atoms with Crippen LogP contribution in [-0.2, 0) is 11.2 Å². The summed E-state index contributed by atoms with van der Waals surface area (Å²) in [4.78, 5) is 12.0. The van der Waals surface area contributed by atoms with Crippen LogP contribution in [-0.4, -0.2) is 31.9 Å². The van der Waals surface area contributed by atoms with E-state index in [1.54, 1.807) is 0 Å². The molecule has 1 aliphatic heterocycles. The molecule has 1 saturated heterocycles. The molecular formula is C21H26N2O3. The van der Waals surface area contributed by atoms with Crippen molar-refractivity contribution < 1.29 is 14.3 Å². The van der Waals surface area contributed by atoms with Crippen LogP contribution in [0.3, 0.4) is 0 Å². The minimum absolute atomic E-state index is 0.204. The number of urea groups is 1. The van der Waals surface area contributed by atoms with Crippen LogP contribution in [0, 0.1) is 0 Å². The fourth-order valence-corrected chi connectivity index (χ4v) is 2.99. The first kappa shape index (κ1) is 18.3. The summed E-state index contributed by atoms with van der Waals surface area (Å²) in [5, 5.41) is 5.72. The average molecular weight is 354 g/mol. The molecule has 2 aromatic rings. The van der Waals surface area contributed by atoms with Gasteiger partial charge in [0.05, 0.1) is 12.7 Å². The molecular weight excluding hydrogens is 328 g/mol. The van der Waals surface area contributed by atoms with Gasteiger partial charge in [0, 0.05) is 31.3 Å². The van der Waals surface area contributed by atoms with E-state index in [2.05, 4.69) is 22.8 Å². The maximum Gasteiger partial charge on any atom is 0.319 e. The summed E-state index contributed by atoms with van der Waals surface area (Å²) in [5.41, 5.74) is 1.96. The molecule has 0 unspecified atom stereocenters. The van der Waals surface area contributed by atoms with E-state index >= 15 is 0 Å². The average Bonchev–Trinajstić information content (AvgIpc) is 3.16. The van der Waals surface area contributed by atoms with Crippen LogP contribution in [0.2, 0.25) is 0 Å². The normalized spacial score (nSPS) is 16.2. The molecule has 1 aliphatic rings. The van der Waals surface area contributed by atoms with E-state index in [0.29, 0.717) is 13.2 Å². The molecule has 26 heavy (non-hydrogen) atoms. The number of benzene rings is 2. The predicted octanol–water partition coefficient (Wildman–Crippen LogP) is 4.00. The van der Waals surface area contributed by atoms with Gasteiger partial charge in [0.1, 0.15) is 5.75 Å². The zero-order valence-electron chi connectivity index (χ0n) is 14.9. The zero-order valence-corrected chi connectivity index (χ0v) is 14.9. The number of hydrogen-bond acceptors (Lipinski definition) is 3. The van der Waals surface area contributed by atoms with Crippen molar-refractivity contribution in [2.24, 2.45) is 0 Å². The van der Waals surface area contributed by atoms with E-state index in [-0.39, 0.29) is 12.1 Å². The predicted molar refractivity (Wildman–Crippen MR) is 103 cm³/mol. The van der Waals surface area contributed by atoms with Gasteiger partial charge >= 0.3 is 6.03 Å². The van der Waals surface area contributed by atoms with Crippen LogP contribution in [0.25, 0.3) is 0 Å². The van der Waals surface area contributed by atoms with Gasteiger partial charge in [0.15, 0.2) is 0 Å². The molecule has 0 spiro atoms. The monoisotopic (exact) mass is 354 g/mol. The van der Waals surface area contributed by atoms with Crippen molar-refractivity contribution in [1.29, 1.82) is 0 Å². The molecule has 1 heterocycles. The number of carbonyl (C=O) groups excluding carboxylic acids is 1. The molecule has 138 valence electrons. The summed E-state index contributed by atoms with van der Waals surface area (Å²) < 4.78 is 11.3. The number of ether oxygens (including phenoxy) is 2. The number of amides is 2. The van der Waals surface area contributed by atoms with E-state index in [4.69, 9.17) is 9.47 Å². The molecule has 2 N–H and O–H groups in total. The fourth-order valence-electron chi connectivity index (χ4n) is 2.99. The SMILES string of the molecule is O=C(NCC[C@H]1CCCO1)Nc1cccc(OCCc2ccccc2)c1. The fraction of sp³-hybridized carbons (Fsp3) is 0.381. The second-order valence-electron chi connectivity index (χ2n) is 6.42. The second-order valence-corrected chi connectivity index (χ2v) is 6.42. The van der Waals surface area contributed by atoms with Gasteiger partial charge in [-0.05, 0) is 37.0 Å². The minimum Gasteiger partial charge on any atom is -0.493 e.